The molecule has 9 heteroatoms. The number of nitrogens with zero attached hydrogens (tertiary/aromatic N) is 2. The zero-order valence-electron chi connectivity index (χ0n) is 13.5. The van der Waals surface area contributed by atoms with Crippen LogP contribution in [0.1, 0.15) is 11.3 Å². The van der Waals surface area contributed by atoms with Gasteiger partial charge in [0, 0.05) is 17.8 Å². The number of halogens is 2. The number of fused-ring (bicyclic) bond motifs is 1. The van der Waals surface area contributed by atoms with Gasteiger partial charge in [0.15, 0.2) is 5.16 Å². The molecule has 0 aliphatic heterocycles. The molecule has 0 unspecified atom stereocenters. The molecule has 0 fully saturated rings. The van der Waals surface area contributed by atoms with Gasteiger partial charge in [-0.15, -0.1) is 0 Å². The van der Waals surface area contributed by atoms with E-state index >= 15 is 0 Å². The first-order valence-electron chi connectivity index (χ1n) is 7.29. The number of hydrogen-bond donors (Lipinski definition) is 1. The Kier molecular flexibility index (Phi) is 4.93. The van der Waals surface area contributed by atoms with Crippen LogP contribution in [0.15, 0.2) is 35.6 Å². The quantitative estimate of drug-likeness (QED) is 0.724. The molecule has 6 nitrogen and oxygen atoms in total. The van der Waals surface area contributed by atoms with Crippen LogP contribution in [0, 0.1) is 6.92 Å². The summed E-state index contributed by atoms with van der Waals surface area (Å²) in [5, 5.41) is 0.244. The van der Waals surface area contributed by atoms with E-state index in [9.17, 15) is 13.0 Å². The topological polar surface area (TPSA) is 77.1 Å². The first kappa shape index (κ1) is 17.3. The van der Waals surface area contributed by atoms with Crippen LogP contribution < -0.4 is 9.47 Å². The van der Waals surface area contributed by atoms with Crippen molar-refractivity contribution in [3.05, 3.63) is 41.7 Å². The lowest BCUT2D eigenvalue weighted by Crippen LogP contribution is -2.03. The Balaban J connectivity index is 1.85. The van der Waals surface area contributed by atoms with Gasteiger partial charge in [0.2, 0.25) is 0 Å². The number of hydrogen-bond acceptors (Lipinski definition) is 5. The Labute approximate surface area is 144 Å². The van der Waals surface area contributed by atoms with E-state index in [0.717, 1.165) is 5.56 Å². The van der Waals surface area contributed by atoms with Gasteiger partial charge >= 0.3 is 6.61 Å². The van der Waals surface area contributed by atoms with Gasteiger partial charge in [0.1, 0.15) is 11.5 Å². The average molecular weight is 367 g/mol. The standard InChI is InChI=1S/C16H15F2N3O3S/c1-9-13(19-6-5-14(9)23-2)8-25(22)16-20-11-4-3-10(24-15(17)18)7-12(11)21-16/h3-7,15H,8H2,1-2H3,(H,20,21)/t25-/m0/s1. The van der Waals surface area contributed by atoms with Crippen LogP contribution in [0.5, 0.6) is 11.5 Å². The number of imidazole rings is 1. The fourth-order valence-electron chi connectivity index (χ4n) is 2.37. The third-order valence-electron chi connectivity index (χ3n) is 3.62. The van der Waals surface area contributed by atoms with Crippen molar-refractivity contribution >= 4 is 21.8 Å². The minimum absolute atomic E-state index is 0.00814. The van der Waals surface area contributed by atoms with Crippen LogP contribution in [0.4, 0.5) is 8.78 Å². The highest BCUT2D eigenvalue weighted by Crippen LogP contribution is 2.24. The largest absolute Gasteiger partial charge is 0.496 e. The number of ether oxygens (including phenoxy) is 2. The number of H-pyrrole nitrogens is 1. The summed E-state index contributed by atoms with van der Waals surface area (Å²) in [6, 6.07) is 6.03. The number of alkyl halides is 2. The van der Waals surface area contributed by atoms with Crippen LogP contribution in [-0.4, -0.2) is 32.9 Å². The molecule has 1 N–H and O–H groups in total. The normalized spacial score (nSPS) is 12.5. The summed E-state index contributed by atoms with van der Waals surface area (Å²) < 4.78 is 46.7. The molecule has 0 saturated heterocycles. The molecule has 3 rings (SSSR count). The summed E-state index contributed by atoms with van der Waals surface area (Å²) >= 11 is 0. The summed E-state index contributed by atoms with van der Waals surface area (Å²) in [7, 11) is 0.0783. The number of aromatic nitrogens is 3. The maximum absolute atomic E-state index is 12.6. The lowest BCUT2D eigenvalue weighted by Gasteiger charge is -2.08. The molecule has 0 bridgehead atoms. The highest BCUT2D eigenvalue weighted by atomic mass is 32.2. The molecule has 2 aromatic heterocycles. The number of pyridine rings is 1. The third-order valence-corrected chi connectivity index (χ3v) is 4.78. The van der Waals surface area contributed by atoms with Crippen molar-refractivity contribution in [2.45, 2.75) is 24.4 Å². The van der Waals surface area contributed by atoms with E-state index in [4.69, 9.17) is 4.74 Å². The van der Waals surface area contributed by atoms with Crippen molar-refractivity contribution in [1.29, 1.82) is 0 Å². The summed E-state index contributed by atoms with van der Waals surface area (Å²) in [5.74, 6) is 0.831. The van der Waals surface area contributed by atoms with Crippen LogP contribution >= 0.6 is 0 Å². The van der Waals surface area contributed by atoms with Gasteiger partial charge in [0.25, 0.3) is 0 Å². The van der Waals surface area contributed by atoms with Crippen LogP contribution in [0.3, 0.4) is 0 Å². The van der Waals surface area contributed by atoms with E-state index in [1.165, 1.54) is 18.2 Å². The van der Waals surface area contributed by atoms with Crippen molar-refractivity contribution in [3.8, 4) is 11.5 Å². The van der Waals surface area contributed by atoms with Crippen molar-refractivity contribution in [2.75, 3.05) is 7.11 Å². The molecule has 0 aliphatic rings. The van der Waals surface area contributed by atoms with Crippen LogP contribution in [0.2, 0.25) is 0 Å². The predicted octanol–water partition coefficient (Wildman–Crippen LogP) is 3.18. The van der Waals surface area contributed by atoms with Crippen LogP contribution in [-0.2, 0) is 16.6 Å². The summed E-state index contributed by atoms with van der Waals surface area (Å²) in [5.41, 5.74) is 2.43. The predicted molar refractivity (Wildman–Crippen MR) is 88.4 cm³/mol. The highest BCUT2D eigenvalue weighted by molar-refractivity contribution is 7.84. The Morgan fingerprint density at radius 2 is 2.12 bits per heavy atom. The summed E-state index contributed by atoms with van der Waals surface area (Å²) in [6.07, 6.45) is 1.59. The zero-order valence-corrected chi connectivity index (χ0v) is 14.3. The Hall–Kier alpha value is -2.55. The molecule has 1 atom stereocenters. The maximum Gasteiger partial charge on any atom is 0.387 e. The molecule has 0 radical (unpaired) electrons. The fourth-order valence-corrected chi connectivity index (χ4v) is 3.47. The smallest absolute Gasteiger partial charge is 0.387 e. The van der Waals surface area contributed by atoms with E-state index < -0.39 is 17.4 Å². The maximum atomic E-state index is 12.6. The van der Waals surface area contributed by atoms with Crippen molar-refractivity contribution in [1.82, 2.24) is 15.0 Å². The second kappa shape index (κ2) is 7.14. The monoisotopic (exact) mass is 367 g/mol. The Bertz CT molecular complexity index is 930. The van der Waals surface area contributed by atoms with E-state index in [0.29, 0.717) is 22.5 Å². The first-order valence-corrected chi connectivity index (χ1v) is 8.61. The first-order chi connectivity index (χ1) is 12.0. The fraction of sp³-hybridized carbons (Fsp3) is 0.250. The molecule has 1 aromatic carbocycles. The number of aromatic amines is 1. The van der Waals surface area contributed by atoms with E-state index in [1.54, 1.807) is 19.4 Å². The molecule has 3 aromatic rings. The third kappa shape index (κ3) is 3.76. The highest BCUT2D eigenvalue weighted by Gasteiger charge is 2.15. The number of methoxy groups -OCH3 is 1. The number of nitrogens with one attached hydrogen (secondary N) is 1. The molecule has 132 valence electrons. The molecule has 0 amide bonds. The van der Waals surface area contributed by atoms with Gasteiger partial charge in [-0.05, 0) is 25.1 Å². The van der Waals surface area contributed by atoms with Crippen molar-refractivity contribution in [3.63, 3.8) is 0 Å². The van der Waals surface area contributed by atoms with E-state index in [2.05, 4.69) is 19.7 Å². The van der Waals surface area contributed by atoms with Crippen LogP contribution in [0.25, 0.3) is 11.0 Å². The van der Waals surface area contributed by atoms with Gasteiger partial charge in [-0.2, -0.15) is 8.78 Å². The number of benzene rings is 1. The van der Waals surface area contributed by atoms with E-state index in [-0.39, 0.29) is 16.7 Å². The molecule has 0 aliphatic carbocycles. The molecule has 0 saturated carbocycles. The van der Waals surface area contributed by atoms with Gasteiger partial charge < -0.3 is 14.5 Å². The minimum atomic E-state index is -2.91. The average Bonchev–Trinajstić information content (AvgIpc) is 2.99. The summed E-state index contributed by atoms with van der Waals surface area (Å²) in [4.78, 5) is 11.4. The zero-order chi connectivity index (χ0) is 18.0. The van der Waals surface area contributed by atoms with Gasteiger partial charge in [0.05, 0.1) is 40.4 Å². The SMILES string of the molecule is COc1ccnc(C[S@](=O)c2nc3ccc(OC(F)F)cc3[nH]2)c1C. The Morgan fingerprint density at radius 1 is 1.32 bits per heavy atom. The number of rotatable bonds is 6. The van der Waals surface area contributed by atoms with Crippen molar-refractivity contribution < 1.29 is 22.5 Å². The second-order valence-electron chi connectivity index (χ2n) is 5.17. The van der Waals surface area contributed by atoms with Gasteiger partial charge in [-0.3, -0.25) is 9.19 Å². The minimum Gasteiger partial charge on any atom is -0.496 e. The lowest BCUT2D eigenvalue weighted by atomic mass is 10.2. The van der Waals surface area contributed by atoms with Gasteiger partial charge in [-0.1, -0.05) is 0 Å². The molecular formula is C16H15F2N3O3S. The van der Waals surface area contributed by atoms with Crippen molar-refractivity contribution in [2.24, 2.45) is 0 Å². The summed E-state index contributed by atoms with van der Waals surface area (Å²) in [6.45, 7) is -1.07. The van der Waals surface area contributed by atoms with Gasteiger partial charge in [-0.25, -0.2) is 4.98 Å². The molecular weight excluding hydrogens is 352 g/mol. The molecule has 2 heterocycles. The lowest BCUT2D eigenvalue weighted by molar-refractivity contribution is -0.0497. The molecule has 0 spiro atoms. The Morgan fingerprint density at radius 3 is 2.84 bits per heavy atom. The van der Waals surface area contributed by atoms with E-state index in [1.807, 2.05) is 6.92 Å². The second-order valence-corrected chi connectivity index (χ2v) is 6.54. The molecule has 25 heavy (non-hydrogen) atoms.